The van der Waals surface area contributed by atoms with E-state index in [9.17, 15) is 0 Å². The second-order valence-corrected chi connectivity index (χ2v) is 6.16. The molecule has 2 aromatic heterocycles. The molecular formula is C19H28N2+2. The van der Waals surface area contributed by atoms with E-state index in [0.717, 1.165) is 13.1 Å². The van der Waals surface area contributed by atoms with E-state index in [1.165, 1.54) is 41.5 Å². The fourth-order valence-corrected chi connectivity index (χ4v) is 2.51. The van der Waals surface area contributed by atoms with Gasteiger partial charge in [-0.05, 0) is 45.2 Å². The van der Waals surface area contributed by atoms with Crippen molar-refractivity contribution in [2.75, 3.05) is 0 Å². The maximum absolute atomic E-state index is 2.31. The number of nitrogens with zero attached hydrogens (tertiary/aromatic N) is 2. The van der Waals surface area contributed by atoms with Gasteiger partial charge in [-0.2, -0.15) is 0 Å². The van der Waals surface area contributed by atoms with Gasteiger partial charge in [0.1, 0.15) is 13.1 Å². The molecule has 0 unspecified atom stereocenters. The zero-order valence-electron chi connectivity index (χ0n) is 13.9. The molecule has 0 N–H and O–H groups in total. The van der Waals surface area contributed by atoms with Gasteiger partial charge in [0.2, 0.25) is 0 Å². The number of aromatic nitrogens is 2. The van der Waals surface area contributed by atoms with Crippen molar-refractivity contribution in [2.24, 2.45) is 0 Å². The van der Waals surface area contributed by atoms with Gasteiger partial charge < -0.3 is 0 Å². The van der Waals surface area contributed by atoms with E-state index in [1.807, 2.05) is 0 Å². The Balaban J connectivity index is 1.72. The Morgan fingerprint density at radius 2 is 1.05 bits per heavy atom. The summed E-state index contributed by atoms with van der Waals surface area (Å²) in [5.41, 5.74) is 5.50. The molecule has 2 heteroatoms. The van der Waals surface area contributed by atoms with Gasteiger partial charge in [-0.3, -0.25) is 0 Å². The van der Waals surface area contributed by atoms with Crippen molar-refractivity contribution in [2.45, 2.75) is 60.0 Å². The Bertz CT molecular complexity index is 549. The number of hydrogen-bond acceptors (Lipinski definition) is 0. The zero-order valence-corrected chi connectivity index (χ0v) is 13.9. The van der Waals surface area contributed by atoms with Crippen molar-refractivity contribution >= 4 is 0 Å². The van der Waals surface area contributed by atoms with Gasteiger partial charge in [0.05, 0.1) is 0 Å². The fourth-order valence-electron chi connectivity index (χ4n) is 2.51. The van der Waals surface area contributed by atoms with Gasteiger partial charge >= 0.3 is 0 Å². The highest BCUT2D eigenvalue weighted by molar-refractivity contribution is 5.17. The Hall–Kier alpha value is -1.70. The molecule has 0 fully saturated rings. The molecular weight excluding hydrogens is 256 g/mol. The standard InChI is InChI=1S/C19H28N2/c1-16-8-12-20(14-18(16)3)10-6-5-7-11-21-13-9-17(2)19(4)15-21/h8-9,12-15H,5-7,10-11H2,1-4H3/q+2. The van der Waals surface area contributed by atoms with Crippen molar-refractivity contribution in [1.82, 2.24) is 0 Å². The molecule has 0 aliphatic carbocycles. The molecule has 2 nitrogen and oxygen atoms in total. The molecule has 0 bridgehead atoms. The van der Waals surface area contributed by atoms with Crippen LogP contribution in [0.25, 0.3) is 0 Å². The number of pyridine rings is 2. The first-order valence-corrected chi connectivity index (χ1v) is 7.99. The first kappa shape index (κ1) is 15.7. The van der Waals surface area contributed by atoms with Crippen LogP contribution in [0.5, 0.6) is 0 Å². The predicted molar refractivity (Wildman–Crippen MR) is 86.1 cm³/mol. The average Bonchev–Trinajstić information content (AvgIpc) is 2.46. The summed E-state index contributed by atoms with van der Waals surface area (Å²) in [6, 6.07) is 4.42. The third-order valence-electron chi connectivity index (χ3n) is 4.33. The quantitative estimate of drug-likeness (QED) is 0.567. The van der Waals surface area contributed by atoms with Gasteiger partial charge in [-0.1, -0.05) is 0 Å². The van der Waals surface area contributed by atoms with Crippen molar-refractivity contribution in [1.29, 1.82) is 0 Å². The summed E-state index contributed by atoms with van der Waals surface area (Å²) < 4.78 is 4.62. The van der Waals surface area contributed by atoms with Crippen molar-refractivity contribution < 1.29 is 9.13 Å². The molecule has 112 valence electrons. The van der Waals surface area contributed by atoms with Gasteiger partial charge in [-0.15, -0.1) is 0 Å². The third-order valence-corrected chi connectivity index (χ3v) is 4.33. The predicted octanol–water partition coefficient (Wildman–Crippen LogP) is 3.37. The summed E-state index contributed by atoms with van der Waals surface area (Å²) in [4.78, 5) is 0. The second-order valence-electron chi connectivity index (χ2n) is 6.16. The summed E-state index contributed by atoms with van der Waals surface area (Å²) in [6.07, 6.45) is 12.7. The number of rotatable bonds is 6. The molecule has 0 aromatic carbocycles. The molecule has 2 aromatic rings. The van der Waals surface area contributed by atoms with E-state index < -0.39 is 0 Å². The van der Waals surface area contributed by atoms with Crippen molar-refractivity contribution in [3.05, 3.63) is 59.2 Å². The highest BCUT2D eigenvalue weighted by Gasteiger charge is 2.05. The van der Waals surface area contributed by atoms with Crippen LogP contribution >= 0.6 is 0 Å². The van der Waals surface area contributed by atoms with Crippen LogP contribution in [0.2, 0.25) is 0 Å². The molecule has 21 heavy (non-hydrogen) atoms. The van der Waals surface area contributed by atoms with Crippen LogP contribution in [0.3, 0.4) is 0 Å². The SMILES string of the molecule is Cc1cc[n+](CCCCC[n+]2ccc(C)c(C)c2)cc1C. The molecule has 0 atom stereocenters. The largest absolute Gasteiger partial charge is 0.205 e. The minimum absolute atomic E-state index is 1.12. The van der Waals surface area contributed by atoms with E-state index in [2.05, 4.69) is 73.7 Å². The number of hydrogen-bond donors (Lipinski definition) is 0. The highest BCUT2D eigenvalue weighted by atomic mass is 14.9. The summed E-state index contributed by atoms with van der Waals surface area (Å²) in [6.45, 7) is 10.9. The molecule has 0 saturated heterocycles. The van der Waals surface area contributed by atoms with Crippen LogP contribution in [-0.4, -0.2) is 0 Å². The molecule has 0 aliphatic heterocycles. The van der Waals surface area contributed by atoms with Crippen LogP contribution in [0.4, 0.5) is 0 Å². The second kappa shape index (κ2) is 7.35. The lowest BCUT2D eigenvalue weighted by Crippen LogP contribution is -2.34. The van der Waals surface area contributed by atoms with E-state index in [4.69, 9.17) is 0 Å². The topological polar surface area (TPSA) is 7.76 Å². The molecule has 0 amide bonds. The van der Waals surface area contributed by atoms with Crippen LogP contribution < -0.4 is 9.13 Å². The van der Waals surface area contributed by atoms with Gasteiger partial charge in [0.25, 0.3) is 0 Å². The van der Waals surface area contributed by atoms with Gasteiger partial charge in [0, 0.05) is 36.1 Å². The monoisotopic (exact) mass is 284 g/mol. The van der Waals surface area contributed by atoms with Crippen LogP contribution in [0.15, 0.2) is 36.9 Å². The lowest BCUT2D eigenvalue weighted by Gasteiger charge is -2.02. The van der Waals surface area contributed by atoms with Crippen molar-refractivity contribution in [3.63, 3.8) is 0 Å². The third kappa shape index (κ3) is 4.66. The lowest BCUT2D eigenvalue weighted by atomic mass is 10.1. The lowest BCUT2D eigenvalue weighted by molar-refractivity contribution is -0.701. The smallest absolute Gasteiger partial charge is 0.171 e. The summed E-state index contributed by atoms with van der Waals surface area (Å²) in [7, 11) is 0. The van der Waals surface area contributed by atoms with E-state index in [0.29, 0.717) is 0 Å². The summed E-state index contributed by atoms with van der Waals surface area (Å²) in [5, 5.41) is 0. The maximum atomic E-state index is 2.31. The zero-order chi connectivity index (χ0) is 15.2. The molecule has 0 saturated carbocycles. The average molecular weight is 284 g/mol. The van der Waals surface area contributed by atoms with E-state index in [1.54, 1.807) is 0 Å². The Kier molecular flexibility index (Phi) is 5.49. The van der Waals surface area contributed by atoms with Crippen LogP contribution in [0.1, 0.15) is 41.5 Å². The summed E-state index contributed by atoms with van der Waals surface area (Å²) in [5.74, 6) is 0. The van der Waals surface area contributed by atoms with Gasteiger partial charge in [0.15, 0.2) is 24.8 Å². The van der Waals surface area contributed by atoms with E-state index >= 15 is 0 Å². The Morgan fingerprint density at radius 3 is 1.43 bits per heavy atom. The summed E-state index contributed by atoms with van der Waals surface area (Å²) >= 11 is 0. The van der Waals surface area contributed by atoms with Crippen molar-refractivity contribution in [3.8, 4) is 0 Å². The van der Waals surface area contributed by atoms with Crippen LogP contribution in [0, 0.1) is 27.7 Å². The molecule has 0 radical (unpaired) electrons. The Morgan fingerprint density at radius 1 is 0.619 bits per heavy atom. The maximum Gasteiger partial charge on any atom is 0.171 e. The van der Waals surface area contributed by atoms with Crippen LogP contribution in [-0.2, 0) is 13.1 Å². The highest BCUT2D eigenvalue weighted by Crippen LogP contribution is 2.03. The first-order chi connectivity index (χ1) is 10.1. The molecule has 0 spiro atoms. The first-order valence-electron chi connectivity index (χ1n) is 7.99. The molecule has 2 heterocycles. The van der Waals surface area contributed by atoms with E-state index in [-0.39, 0.29) is 0 Å². The normalized spacial score (nSPS) is 10.9. The fraction of sp³-hybridized carbons (Fsp3) is 0.474. The Labute approximate surface area is 129 Å². The minimum atomic E-state index is 1.12. The molecule has 0 aliphatic rings. The number of unbranched alkanes of at least 4 members (excludes halogenated alkanes) is 2. The van der Waals surface area contributed by atoms with Gasteiger partial charge in [-0.25, -0.2) is 9.13 Å². The minimum Gasteiger partial charge on any atom is -0.205 e. The number of aryl methyl sites for hydroxylation is 6. The molecule has 2 rings (SSSR count).